The van der Waals surface area contributed by atoms with Gasteiger partial charge in [-0.2, -0.15) is 0 Å². The van der Waals surface area contributed by atoms with Crippen molar-refractivity contribution in [1.29, 1.82) is 0 Å². The molecule has 2 amide bonds. The van der Waals surface area contributed by atoms with Crippen molar-refractivity contribution in [3.63, 3.8) is 0 Å². The molecule has 0 saturated carbocycles. The number of urea groups is 1. The van der Waals surface area contributed by atoms with E-state index in [9.17, 15) is 4.79 Å². The van der Waals surface area contributed by atoms with Gasteiger partial charge in [0, 0.05) is 43.4 Å². The van der Waals surface area contributed by atoms with E-state index >= 15 is 0 Å². The summed E-state index contributed by atoms with van der Waals surface area (Å²) in [5, 5.41) is 3.59. The minimum absolute atomic E-state index is 0.0130. The first-order valence-corrected chi connectivity index (χ1v) is 9.91. The van der Waals surface area contributed by atoms with Gasteiger partial charge in [0.05, 0.1) is 0 Å². The van der Waals surface area contributed by atoms with Gasteiger partial charge in [0.25, 0.3) is 0 Å². The molecule has 0 spiro atoms. The van der Waals surface area contributed by atoms with Gasteiger partial charge in [-0.1, -0.05) is 31.5 Å². The number of likely N-dealkylation sites (tertiary alicyclic amines) is 2. The molecule has 1 aromatic rings. The van der Waals surface area contributed by atoms with Crippen LogP contribution in [0.1, 0.15) is 33.1 Å². The Morgan fingerprint density at radius 1 is 1.20 bits per heavy atom. The second-order valence-electron chi connectivity index (χ2n) is 8.04. The van der Waals surface area contributed by atoms with Crippen LogP contribution in [-0.4, -0.2) is 48.6 Å². The van der Waals surface area contributed by atoms with E-state index in [2.05, 4.69) is 24.1 Å². The summed E-state index contributed by atoms with van der Waals surface area (Å²) in [7, 11) is 0. The summed E-state index contributed by atoms with van der Waals surface area (Å²) in [5.41, 5.74) is 0.760. The average Bonchev–Trinajstić information content (AvgIpc) is 2.54. The lowest BCUT2D eigenvalue weighted by atomic mass is 9.89. The van der Waals surface area contributed by atoms with Crippen molar-refractivity contribution in [3.8, 4) is 0 Å². The highest BCUT2D eigenvalue weighted by Crippen LogP contribution is 2.25. The summed E-state index contributed by atoms with van der Waals surface area (Å²) < 4.78 is 0. The molecule has 4 nitrogen and oxygen atoms in total. The first-order valence-electron chi connectivity index (χ1n) is 9.53. The molecule has 1 N–H and O–H groups in total. The lowest BCUT2D eigenvalue weighted by Crippen LogP contribution is -2.46. The maximum atomic E-state index is 12.4. The van der Waals surface area contributed by atoms with Gasteiger partial charge < -0.3 is 15.1 Å². The van der Waals surface area contributed by atoms with Crippen molar-refractivity contribution in [3.05, 3.63) is 29.3 Å². The van der Waals surface area contributed by atoms with Crippen LogP contribution in [0.15, 0.2) is 24.3 Å². The zero-order valence-corrected chi connectivity index (χ0v) is 16.1. The lowest BCUT2D eigenvalue weighted by molar-refractivity contribution is 0.101. The van der Waals surface area contributed by atoms with Gasteiger partial charge in [-0.15, -0.1) is 0 Å². The molecule has 3 rings (SSSR count). The summed E-state index contributed by atoms with van der Waals surface area (Å²) in [4.78, 5) is 17.0. The Kier molecular flexibility index (Phi) is 6.24. The number of anilines is 1. The summed E-state index contributed by atoms with van der Waals surface area (Å²) in [5.74, 6) is 2.34. The maximum absolute atomic E-state index is 12.4. The number of rotatable bonds is 3. The van der Waals surface area contributed by atoms with Gasteiger partial charge in [-0.3, -0.25) is 0 Å². The maximum Gasteiger partial charge on any atom is 0.321 e. The quantitative estimate of drug-likeness (QED) is 0.854. The van der Waals surface area contributed by atoms with Gasteiger partial charge in [-0.05, 0) is 55.2 Å². The van der Waals surface area contributed by atoms with E-state index < -0.39 is 0 Å². The number of hydrogen-bond donors (Lipinski definition) is 1. The number of carbonyl (C=O) groups excluding carboxylic acids is 1. The molecule has 2 heterocycles. The summed E-state index contributed by atoms with van der Waals surface area (Å²) >= 11 is 5.98. The van der Waals surface area contributed by atoms with Gasteiger partial charge in [0.1, 0.15) is 0 Å². The van der Waals surface area contributed by atoms with Crippen LogP contribution in [0, 0.1) is 17.8 Å². The van der Waals surface area contributed by atoms with E-state index in [1.165, 1.54) is 26.1 Å². The van der Waals surface area contributed by atoms with Crippen LogP contribution >= 0.6 is 11.6 Å². The minimum Gasteiger partial charge on any atom is -0.325 e. The third-order valence-corrected chi connectivity index (χ3v) is 5.67. The smallest absolute Gasteiger partial charge is 0.321 e. The predicted molar refractivity (Wildman–Crippen MR) is 104 cm³/mol. The van der Waals surface area contributed by atoms with Gasteiger partial charge in [0.15, 0.2) is 0 Å². The van der Waals surface area contributed by atoms with E-state index in [-0.39, 0.29) is 6.03 Å². The average molecular weight is 364 g/mol. The molecule has 2 fully saturated rings. The van der Waals surface area contributed by atoms with Crippen molar-refractivity contribution in [2.75, 3.05) is 38.0 Å². The van der Waals surface area contributed by atoms with Crippen LogP contribution in [-0.2, 0) is 0 Å². The van der Waals surface area contributed by atoms with Gasteiger partial charge in [0.2, 0.25) is 0 Å². The van der Waals surface area contributed by atoms with E-state index in [1.54, 1.807) is 6.07 Å². The lowest BCUT2D eigenvalue weighted by Gasteiger charge is -2.39. The molecule has 2 saturated heterocycles. The Labute approximate surface area is 156 Å². The SMILES string of the molecule is C[C@@H]1C[C@H](C)CN(CC2CCN(C(=O)Nc3cccc(Cl)c3)CC2)C1. The highest BCUT2D eigenvalue weighted by atomic mass is 35.5. The van der Waals surface area contributed by atoms with Crippen LogP contribution in [0.25, 0.3) is 0 Å². The Hall–Kier alpha value is -1.26. The molecule has 0 radical (unpaired) electrons. The van der Waals surface area contributed by atoms with E-state index in [0.717, 1.165) is 43.5 Å². The van der Waals surface area contributed by atoms with E-state index in [4.69, 9.17) is 11.6 Å². The molecule has 5 heteroatoms. The van der Waals surface area contributed by atoms with E-state index in [1.807, 2.05) is 23.1 Å². The van der Waals surface area contributed by atoms with E-state index in [0.29, 0.717) is 10.9 Å². The molecule has 2 aliphatic rings. The van der Waals surface area contributed by atoms with Gasteiger partial charge >= 0.3 is 6.03 Å². The Bertz CT molecular complexity index is 576. The number of hydrogen-bond acceptors (Lipinski definition) is 2. The molecule has 2 atom stereocenters. The molecule has 138 valence electrons. The Morgan fingerprint density at radius 2 is 1.88 bits per heavy atom. The summed E-state index contributed by atoms with van der Waals surface area (Å²) in [6.45, 7) is 10.1. The Balaban J connectivity index is 1.44. The number of nitrogens with zero attached hydrogens (tertiary/aromatic N) is 2. The van der Waals surface area contributed by atoms with Crippen molar-refractivity contribution in [1.82, 2.24) is 9.80 Å². The van der Waals surface area contributed by atoms with Crippen molar-refractivity contribution in [2.45, 2.75) is 33.1 Å². The molecule has 0 bridgehead atoms. The fourth-order valence-corrected chi connectivity index (χ4v) is 4.58. The number of carbonyl (C=O) groups is 1. The third-order valence-electron chi connectivity index (χ3n) is 5.44. The predicted octanol–water partition coefficient (Wildman–Crippen LogP) is 4.56. The molecular weight excluding hydrogens is 334 g/mol. The largest absolute Gasteiger partial charge is 0.325 e. The standard InChI is InChI=1S/C20H30ClN3O/c1-15-10-16(2)13-23(12-15)14-17-6-8-24(9-7-17)20(25)22-19-5-3-4-18(21)11-19/h3-5,11,15-17H,6-10,12-14H2,1-2H3,(H,22,25)/t15-,16+. The highest BCUT2D eigenvalue weighted by molar-refractivity contribution is 6.30. The number of amides is 2. The first kappa shape index (κ1) is 18.5. The van der Waals surface area contributed by atoms with Crippen LogP contribution in [0.4, 0.5) is 10.5 Å². The first-order chi connectivity index (χ1) is 12.0. The highest BCUT2D eigenvalue weighted by Gasteiger charge is 2.27. The third kappa shape index (κ3) is 5.35. The topological polar surface area (TPSA) is 35.6 Å². The summed E-state index contributed by atoms with van der Waals surface area (Å²) in [6, 6.07) is 7.30. The number of nitrogens with one attached hydrogen (secondary N) is 1. The molecule has 0 unspecified atom stereocenters. The van der Waals surface area contributed by atoms with Crippen LogP contribution in [0.3, 0.4) is 0 Å². The monoisotopic (exact) mass is 363 g/mol. The normalized spacial score (nSPS) is 25.8. The zero-order chi connectivity index (χ0) is 17.8. The van der Waals surface area contributed by atoms with Crippen molar-refractivity contribution < 1.29 is 4.79 Å². The number of benzene rings is 1. The Morgan fingerprint density at radius 3 is 2.52 bits per heavy atom. The van der Waals surface area contributed by atoms with Crippen molar-refractivity contribution in [2.24, 2.45) is 17.8 Å². The van der Waals surface area contributed by atoms with Crippen LogP contribution < -0.4 is 5.32 Å². The van der Waals surface area contributed by atoms with Crippen LogP contribution in [0.5, 0.6) is 0 Å². The van der Waals surface area contributed by atoms with Crippen LogP contribution in [0.2, 0.25) is 5.02 Å². The summed E-state index contributed by atoms with van der Waals surface area (Å²) in [6.07, 6.45) is 3.56. The zero-order valence-electron chi connectivity index (χ0n) is 15.4. The molecule has 2 aliphatic heterocycles. The molecular formula is C20H30ClN3O. The fourth-order valence-electron chi connectivity index (χ4n) is 4.39. The molecule has 1 aromatic carbocycles. The van der Waals surface area contributed by atoms with Crippen molar-refractivity contribution >= 4 is 23.3 Å². The second kappa shape index (κ2) is 8.41. The number of piperidine rings is 2. The molecule has 0 aliphatic carbocycles. The number of halogens is 1. The second-order valence-corrected chi connectivity index (χ2v) is 8.47. The fraction of sp³-hybridized carbons (Fsp3) is 0.650. The molecule has 25 heavy (non-hydrogen) atoms. The van der Waals surface area contributed by atoms with Gasteiger partial charge in [-0.25, -0.2) is 4.79 Å². The molecule has 0 aromatic heterocycles. The minimum atomic E-state index is -0.0130.